The minimum atomic E-state index is -0.405. The molecule has 1 aliphatic rings. The van der Waals surface area contributed by atoms with Crippen molar-refractivity contribution >= 4 is 16.8 Å². The first kappa shape index (κ1) is 16.0. The van der Waals surface area contributed by atoms with Gasteiger partial charge in [-0.2, -0.15) is 0 Å². The third-order valence-electron chi connectivity index (χ3n) is 4.72. The molecule has 5 heteroatoms. The van der Waals surface area contributed by atoms with Gasteiger partial charge in [-0.1, -0.05) is 0 Å². The molecule has 1 aromatic carbocycles. The van der Waals surface area contributed by atoms with Crippen molar-refractivity contribution in [3.05, 3.63) is 35.3 Å². The fourth-order valence-electron chi connectivity index (χ4n) is 3.64. The molecule has 124 valence electrons. The van der Waals surface area contributed by atoms with Gasteiger partial charge < -0.3 is 15.0 Å². The van der Waals surface area contributed by atoms with Gasteiger partial charge in [-0.15, -0.1) is 0 Å². The number of fused-ring (bicyclic) bond motifs is 1. The number of hydrogen-bond acceptors (Lipinski definition) is 2. The Kier molecular flexibility index (Phi) is 4.39. The normalized spacial score (nSPS) is 19.5. The van der Waals surface area contributed by atoms with E-state index in [1.165, 1.54) is 12.1 Å². The highest BCUT2D eigenvalue weighted by molar-refractivity contribution is 5.90. The van der Waals surface area contributed by atoms with Crippen LogP contribution < -0.4 is 0 Å². The molecule has 2 atom stereocenters. The predicted octanol–water partition coefficient (Wildman–Crippen LogP) is 2.92. The SMILES string of the molecule is Cc1[nH]c2ccc(F)cc2c1CC(=O)N1CCCC1CC(C)O. The monoisotopic (exact) mass is 318 g/mol. The molecular formula is C18H23FN2O2. The summed E-state index contributed by atoms with van der Waals surface area (Å²) in [5.41, 5.74) is 2.63. The molecule has 0 saturated carbocycles. The highest BCUT2D eigenvalue weighted by Gasteiger charge is 2.30. The smallest absolute Gasteiger partial charge is 0.227 e. The van der Waals surface area contributed by atoms with Crippen molar-refractivity contribution in [1.82, 2.24) is 9.88 Å². The minimum absolute atomic E-state index is 0.0569. The Morgan fingerprint density at radius 1 is 1.52 bits per heavy atom. The van der Waals surface area contributed by atoms with Crippen molar-refractivity contribution in [2.75, 3.05) is 6.54 Å². The average molecular weight is 318 g/mol. The number of aliphatic hydroxyl groups excluding tert-OH is 1. The van der Waals surface area contributed by atoms with Crippen LogP contribution in [0.1, 0.15) is 37.4 Å². The van der Waals surface area contributed by atoms with Crippen molar-refractivity contribution in [2.24, 2.45) is 0 Å². The molecule has 2 aromatic rings. The molecule has 1 fully saturated rings. The number of aromatic nitrogens is 1. The van der Waals surface area contributed by atoms with Gasteiger partial charge in [-0.3, -0.25) is 4.79 Å². The quantitative estimate of drug-likeness (QED) is 0.910. The summed E-state index contributed by atoms with van der Waals surface area (Å²) in [7, 11) is 0. The summed E-state index contributed by atoms with van der Waals surface area (Å²) < 4.78 is 13.5. The highest BCUT2D eigenvalue weighted by atomic mass is 19.1. The van der Waals surface area contributed by atoms with Crippen molar-refractivity contribution < 1.29 is 14.3 Å². The van der Waals surface area contributed by atoms with Crippen molar-refractivity contribution in [1.29, 1.82) is 0 Å². The van der Waals surface area contributed by atoms with Gasteiger partial charge >= 0.3 is 0 Å². The van der Waals surface area contributed by atoms with Crippen molar-refractivity contribution in [2.45, 2.75) is 51.7 Å². The maximum Gasteiger partial charge on any atom is 0.227 e. The molecule has 3 rings (SSSR count). The zero-order valence-corrected chi connectivity index (χ0v) is 13.6. The molecule has 1 aliphatic heterocycles. The largest absolute Gasteiger partial charge is 0.393 e. The first-order chi connectivity index (χ1) is 11.0. The lowest BCUT2D eigenvalue weighted by Gasteiger charge is -2.26. The molecule has 1 amide bonds. The van der Waals surface area contributed by atoms with Crippen molar-refractivity contribution in [3.8, 4) is 0 Å². The fraction of sp³-hybridized carbons (Fsp3) is 0.500. The first-order valence-electron chi connectivity index (χ1n) is 8.20. The van der Waals surface area contributed by atoms with E-state index in [-0.39, 0.29) is 24.2 Å². The van der Waals surface area contributed by atoms with E-state index in [4.69, 9.17) is 0 Å². The molecule has 2 heterocycles. The Morgan fingerprint density at radius 2 is 2.30 bits per heavy atom. The van der Waals surface area contributed by atoms with E-state index >= 15 is 0 Å². The lowest BCUT2D eigenvalue weighted by atomic mass is 10.0. The number of rotatable bonds is 4. The molecule has 0 spiro atoms. The fourth-order valence-corrected chi connectivity index (χ4v) is 3.64. The maximum atomic E-state index is 13.5. The van der Waals surface area contributed by atoms with E-state index in [9.17, 15) is 14.3 Å². The summed E-state index contributed by atoms with van der Waals surface area (Å²) in [6, 6.07) is 4.73. The number of nitrogens with zero attached hydrogens (tertiary/aromatic N) is 1. The Balaban J connectivity index is 1.82. The number of benzene rings is 1. The number of hydrogen-bond donors (Lipinski definition) is 2. The number of H-pyrrole nitrogens is 1. The predicted molar refractivity (Wildman–Crippen MR) is 87.7 cm³/mol. The molecule has 0 aliphatic carbocycles. The lowest BCUT2D eigenvalue weighted by molar-refractivity contribution is -0.131. The van der Waals surface area contributed by atoms with Gasteiger partial charge in [-0.25, -0.2) is 4.39 Å². The second kappa shape index (κ2) is 6.32. The highest BCUT2D eigenvalue weighted by Crippen LogP contribution is 2.27. The molecule has 0 radical (unpaired) electrons. The number of aryl methyl sites for hydroxylation is 1. The van der Waals surface area contributed by atoms with Crippen LogP contribution >= 0.6 is 0 Å². The van der Waals surface area contributed by atoms with Gasteiger partial charge in [0.25, 0.3) is 0 Å². The molecule has 2 unspecified atom stereocenters. The van der Waals surface area contributed by atoms with Gasteiger partial charge in [0.1, 0.15) is 5.82 Å². The van der Waals surface area contributed by atoms with E-state index in [2.05, 4.69) is 4.98 Å². The Bertz CT molecular complexity index is 723. The van der Waals surface area contributed by atoms with Gasteiger partial charge in [0, 0.05) is 29.2 Å². The van der Waals surface area contributed by atoms with Gasteiger partial charge in [0.15, 0.2) is 0 Å². The zero-order valence-electron chi connectivity index (χ0n) is 13.6. The van der Waals surface area contributed by atoms with E-state index in [1.54, 1.807) is 13.0 Å². The van der Waals surface area contributed by atoms with Crippen LogP contribution in [0.5, 0.6) is 0 Å². The standard InChI is InChI=1S/C18H23FN2O2/c1-11(22)8-14-4-3-7-21(14)18(23)10-15-12(2)20-17-6-5-13(19)9-16(15)17/h5-6,9,11,14,20,22H,3-4,7-8,10H2,1-2H3. The maximum absolute atomic E-state index is 13.5. The van der Waals surface area contributed by atoms with Gasteiger partial charge in [-0.05, 0) is 56.9 Å². The number of carbonyl (C=O) groups excluding carboxylic acids is 1. The van der Waals surface area contributed by atoms with Crippen LogP contribution in [-0.2, 0) is 11.2 Å². The summed E-state index contributed by atoms with van der Waals surface area (Å²) in [4.78, 5) is 17.8. The van der Waals surface area contributed by atoms with E-state index in [0.717, 1.165) is 41.5 Å². The van der Waals surface area contributed by atoms with Crippen LogP contribution in [0.15, 0.2) is 18.2 Å². The topological polar surface area (TPSA) is 56.3 Å². The number of nitrogens with one attached hydrogen (secondary N) is 1. The molecule has 4 nitrogen and oxygen atoms in total. The Labute approximate surface area is 135 Å². The second-order valence-corrected chi connectivity index (χ2v) is 6.56. The van der Waals surface area contributed by atoms with Gasteiger partial charge in [0.05, 0.1) is 12.5 Å². The molecule has 1 saturated heterocycles. The second-order valence-electron chi connectivity index (χ2n) is 6.56. The zero-order chi connectivity index (χ0) is 16.6. The van der Waals surface area contributed by atoms with E-state index in [0.29, 0.717) is 6.42 Å². The summed E-state index contributed by atoms with van der Waals surface area (Å²) in [6.07, 6.45) is 2.40. The Hall–Kier alpha value is -1.88. The van der Waals surface area contributed by atoms with E-state index < -0.39 is 6.10 Å². The molecule has 23 heavy (non-hydrogen) atoms. The molecule has 2 N–H and O–H groups in total. The summed E-state index contributed by atoms with van der Waals surface area (Å²) in [5.74, 6) is -0.236. The van der Waals surface area contributed by atoms with Crippen LogP contribution in [0.4, 0.5) is 4.39 Å². The lowest BCUT2D eigenvalue weighted by Crippen LogP contribution is -2.38. The van der Waals surface area contributed by atoms with Crippen LogP contribution in [0.2, 0.25) is 0 Å². The first-order valence-corrected chi connectivity index (χ1v) is 8.20. The number of amides is 1. The number of aliphatic hydroxyl groups is 1. The number of carbonyl (C=O) groups is 1. The third-order valence-corrected chi connectivity index (χ3v) is 4.72. The van der Waals surface area contributed by atoms with Gasteiger partial charge in [0.2, 0.25) is 5.91 Å². The summed E-state index contributed by atoms with van der Waals surface area (Å²) in [6.45, 7) is 4.41. The number of likely N-dealkylation sites (tertiary alicyclic amines) is 1. The Morgan fingerprint density at radius 3 is 3.04 bits per heavy atom. The van der Waals surface area contributed by atoms with Crippen molar-refractivity contribution in [3.63, 3.8) is 0 Å². The summed E-state index contributed by atoms with van der Waals surface area (Å²) in [5, 5.41) is 10.4. The minimum Gasteiger partial charge on any atom is -0.393 e. The van der Waals surface area contributed by atoms with Crippen LogP contribution in [0.25, 0.3) is 10.9 Å². The summed E-state index contributed by atoms with van der Waals surface area (Å²) >= 11 is 0. The molecular weight excluding hydrogens is 295 g/mol. The van der Waals surface area contributed by atoms with Crippen LogP contribution in [-0.4, -0.2) is 39.6 Å². The molecule has 1 aromatic heterocycles. The van der Waals surface area contributed by atoms with Crippen LogP contribution in [0, 0.1) is 12.7 Å². The third kappa shape index (κ3) is 3.24. The molecule has 0 bridgehead atoms. The van der Waals surface area contributed by atoms with Crippen LogP contribution in [0.3, 0.4) is 0 Å². The number of aromatic amines is 1. The van der Waals surface area contributed by atoms with E-state index in [1.807, 2.05) is 11.8 Å². The number of halogens is 1. The average Bonchev–Trinajstić information content (AvgIpc) is 3.04.